The first-order valence-corrected chi connectivity index (χ1v) is 7.64. The molecule has 2 aromatic carbocycles. The van der Waals surface area contributed by atoms with Crippen molar-refractivity contribution in [2.45, 2.75) is 19.4 Å². The van der Waals surface area contributed by atoms with Crippen LogP contribution in [-0.4, -0.2) is 13.7 Å². The van der Waals surface area contributed by atoms with Gasteiger partial charge in [-0.05, 0) is 42.3 Å². The van der Waals surface area contributed by atoms with E-state index in [1.165, 1.54) is 11.1 Å². The summed E-state index contributed by atoms with van der Waals surface area (Å²) in [6.45, 7) is 3.07. The van der Waals surface area contributed by atoms with E-state index in [4.69, 9.17) is 4.74 Å². The fraction of sp³-hybridized carbons (Fsp3) is 0.294. The first-order valence-electron chi connectivity index (χ1n) is 6.85. The summed E-state index contributed by atoms with van der Waals surface area (Å²) in [5, 5.41) is 3.55. The van der Waals surface area contributed by atoms with E-state index in [0.29, 0.717) is 6.04 Å². The number of halogens is 1. The van der Waals surface area contributed by atoms with Crippen molar-refractivity contribution in [2.75, 3.05) is 13.7 Å². The van der Waals surface area contributed by atoms with Crippen LogP contribution < -0.4 is 10.1 Å². The number of methoxy groups -OCH3 is 1. The molecule has 2 nitrogen and oxygen atoms in total. The highest BCUT2D eigenvalue weighted by Crippen LogP contribution is 2.28. The molecule has 1 N–H and O–H groups in total. The average Bonchev–Trinajstić information content (AvgIpc) is 2.48. The van der Waals surface area contributed by atoms with Crippen molar-refractivity contribution in [2.24, 2.45) is 0 Å². The van der Waals surface area contributed by atoms with Gasteiger partial charge in [0.2, 0.25) is 0 Å². The Kier molecular flexibility index (Phi) is 5.62. The maximum atomic E-state index is 5.47. The summed E-state index contributed by atoms with van der Waals surface area (Å²) in [5.41, 5.74) is 2.51. The predicted molar refractivity (Wildman–Crippen MR) is 87.3 cm³/mol. The van der Waals surface area contributed by atoms with Crippen molar-refractivity contribution < 1.29 is 4.74 Å². The van der Waals surface area contributed by atoms with Crippen LogP contribution in [0.4, 0.5) is 0 Å². The van der Waals surface area contributed by atoms with Gasteiger partial charge in [0.1, 0.15) is 5.75 Å². The summed E-state index contributed by atoms with van der Waals surface area (Å²) in [6, 6.07) is 17.0. The van der Waals surface area contributed by atoms with E-state index in [-0.39, 0.29) is 0 Å². The second kappa shape index (κ2) is 7.46. The van der Waals surface area contributed by atoms with Gasteiger partial charge in [0.25, 0.3) is 0 Å². The molecule has 2 aromatic rings. The van der Waals surface area contributed by atoms with Crippen LogP contribution in [0, 0.1) is 0 Å². The van der Waals surface area contributed by atoms with Crippen LogP contribution in [-0.2, 0) is 6.42 Å². The zero-order valence-electron chi connectivity index (χ0n) is 11.9. The van der Waals surface area contributed by atoms with Crippen molar-refractivity contribution >= 4 is 15.9 Å². The third-order valence-electron chi connectivity index (χ3n) is 3.32. The highest BCUT2D eigenvalue weighted by atomic mass is 79.9. The number of ether oxygens (including phenoxy) is 1. The second-order valence-corrected chi connectivity index (χ2v) is 5.60. The molecule has 0 saturated heterocycles. The van der Waals surface area contributed by atoms with Gasteiger partial charge in [-0.25, -0.2) is 0 Å². The summed E-state index contributed by atoms with van der Waals surface area (Å²) in [5.74, 6) is 0.937. The van der Waals surface area contributed by atoms with Crippen LogP contribution in [0.25, 0.3) is 0 Å². The van der Waals surface area contributed by atoms with Crippen LogP contribution in [0.15, 0.2) is 53.0 Å². The van der Waals surface area contributed by atoms with Gasteiger partial charge in [0, 0.05) is 10.5 Å². The summed E-state index contributed by atoms with van der Waals surface area (Å²) in [7, 11) is 1.72. The lowest BCUT2D eigenvalue weighted by atomic mass is 9.98. The van der Waals surface area contributed by atoms with Crippen molar-refractivity contribution in [3.63, 3.8) is 0 Å². The lowest BCUT2D eigenvalue weighted by Gasteiger charge is -2.20. The smallest absolute Gasteiger partial charge is 0.122 e. The first kappa shape index (κ1) is 15.1. The Hall–Kier alpha value is -1.32. The molecule has 1 atom stereocenters. The third-order valence-corrected chi connectivity index (χ3v) is 3.81. The topological polar surface area (TPSA) is 21.3 Å². The lowest BCUT2D eigenvalue weighted by Crippen LogP contribution is -2.23. The number of nitrogens with one attached hydrogen (secondary N) is 1. The molecule has 106 valence electrons. The van der Waals surface area contributed by atoms with Crippen LogP contribution >= 0.6 is 15.9 Å². The van der Waals surface area contributed by atoms with Gasteiger partial charge in [-0.1, -0.05) is 53.2 Å². The minimum absolute atomic E-state index is 0.296. The summed E-state index contributed by atoms with van der Waals surface area (Å²) in [4.78, 5) is 0. The van der Waals surface area contributed by atoms with E-state index in [1.54, 1.807) is 7.11 Å². The summed E-state index contributed by atoms with van der Waals surface area (Å²) in [6.07, 6.45) is 0.903. The van der Waals surface area contributed by atoms with Crippen molar-refractivity contribution in [1.29, 1.82) is 0 Å². The maximum Gasteiger partial charge on any atom is 0.122 e. The van der Waals surface area contributed by atoms with Crippen LogP contribution in [0.2, 0.25) is 0 Å². The molecule has 1 unspecified atom stereocenters. The zero-order valence-corrected chi connectivity index (χ0v) is 13.5. The molecule has 2 rings (SSSR count). The van der Waals surface area contributed by atoms with Crippen molar-refractivity contribution in [1.82, 2.24) is 5.32 Å². The van der Waals surface area contributed by atoms with Gasteiger partial charge in [-0.2, -0.15) is 0 Å². The Labute approximate surface area is 129 Å². The molecule has 0 heterocycles. The molecule has 0 saturated carbocycles. The standard InChI is InChI=1S/C17H20BrNO/c1-3-19-16(13-7-5-4-6-8-13)12-14-11-15(18)9-10-17(14)20-2/h4-11,16,19H,3,12H2,1-2H3. The van der Waals surface area contributed by atoms with Gasteiger partial charge >= 0.3 is 0 Å². The zero-order chi connectivity index (χ0) is 14.4. The van der Waals surface area contributed by atoms with Crippen LogP contribution in [0.5, 0.6) is 5.75 Å². The quantitative estimate of drug-likeness (QED) is 0.848. The van der Waals surface area contributed by atoms with Gasteiger partial charge in [0.15, 0.2) is 0 Å². The fourth-order valence-electron chi connectivity index (χ4n) is 2.37. The Morgan fingerprint density at radius 3 is 2.55 bits per heavy atom. The highest BCUT2D eigenvalue weighted by Gasteiger charge is 2.14. The molecule has 20 heavy (non-hydrogen) atoms. The Balaban J connectivity index is 2.26. The number of likely N-dealkylation sites (N-methyl/N-ethyl adjacent to an activating group) is 1. The number of hydrogen-bond acceptors (Lipinski definition) is 2. The van der Waals surface area contributed by atoms with Gasteiger partial charge in [-0.15, -0.1) is 0 Å². The maximum absolute atomic E-state index is 5.47. The molecule has 0 amide bonds. The SMILES string of the molecule is CCNC(Cc1cc(Br)ccc1OC)c1ccccc1. The Morgan fingerprint density at radius 1 is 1.15 bits per heavy atom. The molecule has 0 spiro atoms. The molecule has 0 aromatic heterocycles. The molecule has 0 bridgehead atoms. The first-order chi connectivity index (χ1) is 9.74. The normalized spacial score (nSPS) is 12.2. The summed E-state index contributed by atoms with van der Waals surface area (Å²) < 4.78 is 6.55. The average molecular weight is 334 g/mol. The van der Waals surface area contributed by atoms with E-state index in [1.807, 2.05) is 18.2 Å². The molecular formula is C17H20BrNO. The van der Waals surface area contributed by atoms with E-state index in [0.717, 1.165) is 23.2 Å². The minimum atomic E-state index is 0.296. The minimum Gasteiger partial charge on any atom is -0.496 e. The molecule has 0 aliphatic carbocycles. The molecule has 0 aliphatic rings. The van der Waals surface area contributed by atoms with Crippen molar-refractivity contribution in [3.05, 3.63) is 64.1 Å². The van der Waals surface area contributed by atoms with E-state index >= 15 is 0 Å². The molecular weight excluding hydrogens is 314 g/mol. The summed E-state index contributed by atoms with van der Waals surface area (Å²) >= 11 is 3.53. The highest BCUT2D eigenvalue weighted by molar-refractivity contribution is 9.10. The Morgan fingerprint density at radius 2 is 1.90 bits per heavy atom. The number of hydrogen-bond donors (Lipinski definition) is 1. The predicted octanol–water partition coefficient (Wildman–Crippen LogP) is 4.35. The van der Waals surface area contributed by atoms with E-state index < -0.39 is 0 Å². The molecule has 3 heteroatoms. The molecule has 0 fully saturated rings. The van der Waals surface area contributed by atoms with Crippen molar-refractivity contribution in [3.8, 4) is 5.75 Å². The van der Waals surface area contributed by atoms with E-state index in [2.05, 4.69) is 58.5 Å². The number of rotatable bonds is 6. The van der Waals surface area contributed by atoms with Crippen LogP contribution in [0.3, 0.4) is 0 Å². The van der Waals surface area contributed by atoms with Gasteiger partial charge in [0.05, 0.1) is 7.11 Å². The third kappa shape index (κ3) is 3.84. The second-order valence-electron chi connectivity index (χ2n) is 4.68. The van der Waals surface area contributed by atoms with Crippen LogP contribution in [0.1, 0.15) is 24.1 Å². The number of benzene rings is 2. The monoisotopic (exact) mass is 333 g/mol. The van der Waals surface area contributed by atoms with Gasteiger partial charge < -0.3 is 10.1 Å². The fourth-order valence-corrected chi connectivity index (χ4v) is 2.77. The lowest BCUT2D eigenvalue weighted by molar-refractivity contribution is 0.405. The molecule has 0 aliphatic heterocycles. The molecule has 0 radical (unpaired) electrons. The van der Waals surface area contributed by atoms with E-state index in [9.17, 15) is 0 Å². The Bertz CT molecular complexity index is 542. The largest absolute Gasteiger partial charge is 0.496 e. The van der Waals surface area contributed by atoms with Gasteiger partial charge in [-0.3, -0.25) is 0 Å².